The van der Waals surface area contributed by atoms with Crippen LogP contribution in [0.2, 0.25) is 5.02 Å². The molecule has 15 heavy (non-hydrogen) atoms. The van der Waals surface area contributed by atoms with Crippen LogP contribution in [0.3, 0.4) is 0 Å². The highest BCUT2D eigenvalue weighted by Crippen LogP contribution is 2.23. The first kappa shape index (κ1) is 12.4. The molecular weight excluding hydrogens is 215 g/mol. The Bertz CT molecular complexity index is 328. The first-order valence-corrected chi connectivity index (χ1v) is 5.24. The zero-order valence-electron chi connectivity index (χ0n) is 9.00. The van der Waals surface area contributed by atoms with E-state index in [1.807, 2.05) is 19.0 Å². The molecule has 1 atom stereocenters. The van der Waals surface area contributed by atoms with Crippen molar-refractivity contribution in [3.63, 3.8) is 0 Å². The third-order valence-electron chi connectivity index (χ3n) is 2.27. The van der Waals surface area contributed by atoms with Crippen molar-refractivity contribution in [2.24, 2.45) is 5.73 Å². The molecule has 0 aliphatic rings. The minimum atomic E-state index is -0.398. The van der Waals surface area contributed by atoms with Gasteiger partial charge in [0.1, 0.15) is 5.82 Å². The predicted molar refractivity (Wildman–Crippen MR) is 61.5 cm³/mol. The lowest BCUT2D eigenvalue weighted by Crippen LogP contribution is -2.20. The van der Waals surface area contributed by atoms with Gasteiger partial charge in [0.05, 0.1) is 5.02 Å². The van der Waals surface area contributed by atoms with E-state index in [2.05, 4.69) is 0 Å². The van der Waals surface area contributed by atoms with Crippen molar-refractivity contribution < 1.29 is 4.39 Å². The van der Waals surface area contributed by atoms with Crippen LogP contribution in [0.4, 0.5) is 4.39 Å². The summed E-state index contributed by atoms with van der Waals surface area (Å²) in [6.07, 6.45) is 0.713. The average Bonchev–Trinajstić information content (AvgIpc) is 2.18. The fourth-order valence-corrected chi connectivity index (χ4v) is 1.54. The van der Waals surface area contributed by atoms with Crippen molar-refractivity contribution >= 4 is 11.6 Å². The number of nitrogens with two attached hydrogens (primary N) is 1. The van der Waals surface area contributed by atoms with Crippen LogP contribution in [-0.4, -0.2) is 25.5 Å². The summed E-state index contributed by atoms with van der Waals surface area (Å²) in [7, 11) is 3.92. The maximum absolute atomic E-state index is 13.6. The van der Waals surface area contributed by atoms with Crippen LogP contribution in [0, 0.1) is 5.82 Å². The minimum absolute atomic E-state index is 0.132. The molecule has 0 saturated heterocycles. The van der Waals surface area contributed by atoms with Crippen molar-refractivity contribution in [1.29, 1.82) is 0 Å². The van der Waals surface area contributed by atoms with E-state index in [9.17, 15) is 4.39 Å². The first-order chi connectivity index (χ1) is 7.02. The molecule has 0 radical (unpaired) electrons. The molecule has 0 aromatic heterocycles. The second-order valence-electron chi connectivity index (χ2n) is 3.84. The molecule has 0 bridgehead atoms. The topological polar surface area (TPSA) is 29.3 Å². The molecule has 0 aliphatic heterocycles. The third kappa shape index (κ3) is 3.45. The van der Waals surface area contributed by atoms with Crippen LogP contribution in [0.15, 0.2) is 18.2 Å². The molecule has 0 aliphatic carbocycles. The van der Waals surface area contributed by atoms with Crippen molar-refractivity contribution in [1.82, 2.24) is 4.90 Å². The van der Waals surface area contributed by atoms with Gasteiger partial charge in [-0.3, -0.25) is 0 Å². The zero-order chi connectivity index (χ0) is 11.4. The molecule has 4 heteroatoms. The van der Waals surface area contributed by atoms with Crippen LogP contribution < -0.4 is 5.73 Å². The van der Waals surface area contributed by atoms with Crippen molar-refractivity contribution in [3.05, 3.63) is 34.6 Å². The van der Waals surface area contributed by atoms with Gasteiger partial charge < -0.3 is 10.6 Å². The second-order valence-corrected chi connectivity index (χ2v) is 4.25. The summed E-state index contributed by atoms with van der Waals surface area (Å²) >= 11 is 5.68. The van der Waals surface area contributed by atoms with Crippen LogP contribution in [0.1, 0.15) is 18.0 Å². The lowest BCUT2D eigenvalue weighted by molar-refractivity contribution is 0.380. The average molecular weight is 231 g/mol. The summed E-state index contributed by atoms with van der Waals surface area (Å²) in [5, 5.41) is 0.132. The van der Waals surface area contributed by atoms with Gasteiger partial charge >= 0.3 is 0 Å². The highest BCUT2D eigenvalue weighted by atomic mass is 35.5. The Kier molecular flexibility index (Phi) is 4.51. The maximum Gasteiger partial charge on any atom is 0.146 e. The zero-order valence-corrected chi connectivity index (χ0v) is 9.76. The van der Waals surface area contributed by atoms with E-state index in [-0.39, 0.29) is 11.1 Å². The second kappa shape index (κ2) is 5.45. The number of rotatable bonds is 4. The van der Waals surface area contributed by atoms with Gasteiger partial charge in [0.2, 0.25) is 0 Å². The monoisotopic (exact) mass is 230 g/mol. The lowest BCUT2D eigenvalue weighted by atomic mass is 10.0. The van der Waals surface area contributed by atoms with Crippen molar-refractivity contribution in [2.45, 2.75) is 12.5 Å². The smallest absolute Gasteiger partial charge is 0.146 e. The van der Waals surface area contributed by atoms with E-state index < -0.39 is 5.82 Å². The van der Waals surface area contributed by atoms with E-state index in [1.54, 1.807) is 12.1 Å². The van der Waals surface area contributed by atoms with E-state index >= 15 is 0 Å². The summed E-state index contributed by atoms with van der Waals surface area (Å²) < 4.78 is 13.6. The van der Waals surface area contributed by atoms with Gasteiger partial charge in [-0.1, -0.05) is 23.7 Å². The third-order valence-corrected chi connectivity index (χ3v) is 2.56. The lowest BCUT2D eigenvalue weighted by Gasteiger charge is -2.16. The van der Waals surface area contributed by atoms with Gasteiger partial charge in [0.25, 0.3) is 0 Å². The molecular formula is C11H16ClFN2. The summed E-state index contributed by atoms with van der Waals surface area (Å²) in [6, 6.07) is 4.63. The molecule has 0 unspecified atom stereocenters. The molecule has 1 rings (SSSR count). The van der Waals surface area contributed by atoms with E-state index in [0.717, 1.165) is 6.54 Å². The Hall–Kier alpha value is -0.640. The highest BCUT2D eigenvalue weighted by Gasteiger charge is 2.13. The Labute approximate surface area is 94.8 Å². The molecule has 84 valence electrons. The molecule has 1 aromatic carbocycles. The van der Waals surface area contributed by atoms with Gasteiger partial charge in [-0.25, -0.2) is 4.39 Å². The van der Waals surface area contributed by atoms with Crippen molar-refractivity contribution in [3.8, 4) is 0 Å². The summed E-state index contributed by atoms with van der Waals surface area (Å²) in [4.78, 5) is 2.02. The molecule has 2 N–H and O–H groups in total. The molecule has 0 amide bonds. The SMILES string of the molecule is CN(C)CC[C@H](N)c1cccc(Cl)c1F. The van der Waals surface area contributed by atoms with Crippen LogP contribution >= 0.6 is 11.6 Å². The number of hydrogen-bond acceptors (Lipinski definition) is 2. The fraction of sp³-hybridized carbons (Fsp3) is 0.455. The minimum Gasteiger partial charge on any atom is -0.324 e. The van der Waals surface area contributed by atoms with Gasteiger partial charge in [0, 0.05) is 11.6 Å². The molecule has 0 fully saturated rings. The van der Waals surface area contributed by atoms with Crippen molar-refractivity contribution in [2.75, 3.05) is 20.6 Å². The standard InChI is InChI=1S/C11H16ClFN2/c1-15(2)7-6-10(14)8-4-3-5-9(12)11(8)13/h3-5,10H,6-7,14H2,1-2H3/t10-/m0/s1. The number of benzene rings is 1. The largest absolute Gasteiger partial charge is 0.324 e. The first-order valence-electron chi connectivity index (χ1n) is 4.86. The van der Waals surface area contributed by atoms with Crippen LogP contribution in [0.25, 0.3) is 0 Å². The van der Waals surface area contributed by atoms with Gasteiger partial charge in [-0.2, -0.15) is 0 Å². The Morgan fingerprint density at radius 2 is 2.13 bits per heavy atom. The summed E-state index contributed by atoms with van der Waals surface area (Å²) in [6.45, 7) is 0.827. The fourth-order valence-electron chi connectivity index (χ4n) is 1.36. The maximum atomic E-state index is 13.6. The number of halogens is 2. The van der Waals surface area contributed by atoms with Crippen LogP contribution in [0.5, 0.6) is 0 Å². The van der Waals surface area contributed by atoms with Crippen LogP contribution in [-0.2, 0) is 0 Å². The normalized spacial score (nSPS) is 13.2. The summed E-state index contributed by atoms with van der Waals surface area (Å²) in [5.74, 6) is -0.398. The van der Waals surface area contributed by atoms with Gasteiger partial charge in [-0.15, -0.1) is 0 Å². The van der Waals surface area contributed by atoms with Gasteiger partial charge in [-0.05, 0) is 33.1 Å². The predicted octanol–water partition coefficient (Wildman–Crippen LogP) is 2.43. The quantitative estimate of drug-likeness (QED) is 0.861. The number of hydrogen-bond donors (Lipinski definition) is 1. The highest BCUT2D eigenvalue weighted by molar-refractivity contribution is 6.30. The Balaban J connectivity index is 2.73. The molecule has 0 heterocycles. The van der Waals surface area contributed by atoms with E-state index in [1.165, 1.54) is 6.07 Å². The molecule has 0 spiro atoms. The van der Waals surface area contributed by atoms with Gasteiger partial charge in [0.15, 0.2) is 0 Å². The molecule has 1 aromatic rings. The summed E-state index contributed by atoms with van der Waals surface area (Å²) in [5.41, 5.74) is 6.38. The molecule has 2 nitrogen and oxygen atoms in total. The van der Waals surface area contributed by atoms with E-state index in [4.69, 9.17) is 17.3 Å². The Morgan fingerprint density at radius 1 is 1.47 bits per heavy atom. The molecule has 0 saturated carbocycles. The van der Waals surface area contributed by atoms with E-state index in [0.29, 0.717) is 12.0 Å². The number of nitrogens with zero attached hydrogens (tertiary/aromatic N) is 1. The Morgan fingerprint density at radius 3 is 2.73 bits per heavy atom.